The van der Waals surface area contributed by atoms with Gasteiger partial charge in [-0.3, -0.25) is 4.79 Å². The average Bonchev–Trinajstić information content (AvgIpc) is 2.60. The Bertz CT molecular complexity index is 686. The van der Waals surface area contributed by atoms with Crippen molar-refractivity contribution >= 4 is 11.6 Å². The number of methoxy groups -OCH3 is 2. The molecule has 0 radical (unpaired) electrons. The summed E-state index contributed by atoms with van der Waals surface area (Å²) in [5, 5.41) is 6.26. The van der Waals surface area contributed by atoms with Crippen molar-refractivity contribution in [3.8, 4) is 11.5 Å². The third kappa shape index (κ3) is 4.73. The van der Waals surface area contributed by atoms with Crippen molar-refractivity contribution in [3.05, 3.63) is 53.6 Å². The van der Waals surface area contributed by atoms with E-state index in [1.165, 1.54) is 0 Å². The first-order chi connectivity index (χ1) is 11.7. The molecule has 24 heavy (non-hydrogen) atoms. The van der Waals surface area contributed by atoms with Crippen LogP contribution in [0.3, 0.4) is 0 Å². The molecule has 128 valence electrons. The Morgan fingerprint density at radius 3 is 2.50 bits per heavy atom. The Morgan fingerprint density at radius 2 is 1.79 bits per heavy atom. The van der Waals surface area contributed by atoms with Gasteiger partial charge in [-0.25, -0.2) is 0 Å². The van der Waals surface area contributed by atoms with Crippen molar-refractivity contribution in [2.24, 2.45) is 0 Å². The summed E-state index contributed by atoms with van der Waals surface area (Å²) in [5.41, 5.74) is 2.78. The molecule has 2 N–H and O–H groups in total. The van der Waals surface area contributed by atoms with Gasteiger partial charge >= 0.3 is 0 Å². The van der Waals surface area contributed by atoms with Crippen LogP contribution in [0.1, 0.15) is 18.1 Å². The number of carbonyl (C=O) groups is 1. The van der Waals surface area contributed by atoms with Crippen molar-refractivity contribution in [1.82, 2.24) is 5.32 Å². The number of anilines is 1. The number of nitrogens with one attached hydrogen (secondary N) is 2. The van der Waals surface area contributed by atoms with Crippen molar-refractivity contribution < 1.29 is 14.3 Å². The molecular weight excluding hydrogens is 304 g/mol. The molecule has 0 unspecified atom stereocenters. The number of hydrogen-bond acceptors (Lipinski definition) is 4. The van der Waals surface area contributed by atoms with E-state index < -0.39 is 0 Å². The van der Waals surface area contributed by atoms with E-state index in [2.05, 4.69) is 17.6 Å². The van der Waals surface area contributed by atoms with Crippen LogP contribution >= 0.6 is 0 Å². The van der Waals surface area contributed by atoms with E-state index >= 15 is 0 Å². The number of amides is 1. The SMILES string of the molecule is CCNCc1ccccc1NC(=O)Cc1ccc(OC)c(OC)c1. The van der Waals surface area contributed by atoms with Crippen LogP contribution in [-0.2, 0) is 17.8 Å². The van der Waals surface area contributed by atoms with Crippen molar-refractivity contribution in [2.75, 3.05) is 26.1 Å². The zero-order valence-electron chi connectivity index (χ0n) is 14.4. The first-order valence-corrected chi connectivity index (χ1v) is 7.97. The number of rotatable bonds is 8. The molecule has 0 heterocycles. The first kappa shape index (κ1) is 17.8. The summed E-state index contributed by atoms with van der Waals surface area (Å²) in [6.07, 6.45) is 0.274. The number of benzene rings is 2. The second kappa shape index (κ2) is 8.93. The number of hydrogen-bond donors (Lipinski definition) is 2. The average molecular weight is 328 g/mol. The molecule has 0 spiro atoms. The molecule has 0 aliphatic rings. The van der Waals surface area contributed by atoms with Crippen LogP contribution in [-0.4, -0.2) is 26.7 Å². The Labute approximate surface area is 143 Å². The quantitative estimate of drug-likeness (QED) is 0.782. The van der Waals surface area contributed by atoms with E-state index in [4.69, 9.17) is 9.47 Å². The summed E-state index contributed by atoms with van der Waals surface area (Å²) in [6.45, 7) is 3.66. The first-order valence-electron chi connectivity index (χ1n) is 7.97. The molecule has 0 bridgehead atoms. The predicted molar refractivity (Wildman–Crippen MR) is 95.7 cm³/mol. The molecule has 0 aromatic heterocycles. The third-order valence-corrected chi connectivity index (χ3v) is 3.67. The van der Waals surface area contributed by atoms with E-state index in [-0.39, 0.29) is 12.3 Å². The number of ether oxygens (including phenoxy) is 2. The summed E-state index contributed by atoms with van der Waals surface area (Å²) in [7, 11) is 3.17. The van der Waals surface area contributed by atoms with Gasteiger partial charge in [-0.05, 0) is 35.9 Å². The lowest BCUT2D eigenvalue weighted by atomic mass is 10.1. The van der Waals surface area contributed by atoms with Crippen LogP contribution in [0.5, 0.6) is 11.5 Å². The standard InChI is InChI=1S/C19H24N2O3/c1-4-20-13-15-7-5-6-8-16(15)21-19(22)12-14-9-10-17(23-2)18(11-14)24-3/h5-11,20H,4,12-13H2,1-3H3,(H,21,22). The minimum atomic E-state index is -0.0637. The van der Waals surface area contributed by atoms with Crippen molar-refractivity contribution in [1.29, 1.82) is 0 Å². The fourth-order valence-corrected chi connectivity index (χ4v) is 2.43. The highest BCUT2D eigenvalue weighted by molar-refractivity contribution is 5.93. The Kier molecular flexibility index (Phi) is 6.63. The molecule has 5 nitrogen and oxygen atoms in total. The van der Waals surface area contributed by atoms with Crippen LogP contribution in [0, 0.1) is 0 Å². The molecule has 2 aromatic carbocycles. The Morgan fingerprint density at radius 1 is 1.04 bits per heavy atom. The van der Waals surface area contributed by atoms with E-state index in [9.17, 15) is 4.79 Å². The zero-order valence-corrected chi connectivity index (χ0v) is 14.4. The highest BCUT2D eigenvalue weighted by Gasteiger charge is 2.10. The molecule has 5 heteroatoms. The van der Waals surface area contributed by atoms with Crippen LogP contribution in [0.15, 0.2) is 42.5 Å². The molecule has 0 aliphatic carbocycles. The summed E-state index contributed by atoms with van der Waals surface area (Å²) >= 11 is 0. The summed E-state index contributed by atoms with van der Waals surface area (Å²) in [4.78, 5) is 12.4. The molecule has 0 saturated carbocycles. The molecule has 0 aliphatic heterocycles. The van der Waals surface area contributed by atoms with Gasteiger partial charge in [0.1, 0.15) is 0 Å². The predicted octanol–water partition coefficient (Wildman–Crippen LogP) is 2.99. The monoisotopic (exact) mass is 328 g/mol. The number of para-hydroxylation sites is 1. The summed E-state index contributed by atoms with van der Waals surface area (Å²) in [5.74, 6) is 1.21. The van der Waals surface area contributed by atoms with Crippen LogP contribution in [0.25, 0.3) is 0 Å². The van der Waals surface area contributed by atoms with Gasteiger partial charge in [0.2, 0.25) is 5.91 Å². The fourth-order valence-electron chi connectivity index (χ4n) is 2.43. The second-order valence-electron chi connectivity index (χ2n) is 5.35. The van der Waals surface area contributed by atoms with Gasteiger partial charge in [-0.2, -0.15) is 0 Å². The zero-order chi connectivity index (χ0) is 17.4. The van der Waals surface area contributed by atoms with Crippen molar-refractivity contribution in [2.45, 2.75) is 19.9 Å². The third-order valence-electron chi connectivity index (χ3n) is 3.67. The van der Waals surface area contributed by atoms with Crippen LogP contribution in [0.4, 0.5) is 5.69 Å². The minimum Gasteiger partial charge on any atom is -0.493 e. The van der Waals surface area contributed by atoms with E-state index in [0.29, 0.717) is 11.5 Å². The maximum Gasteiger partial charge on any atom is 0.228 e. The van der Waals surface area contributed by atoms with Gasteiger partial charge in [0.15, 0.2) is 11.5 Å². The highest BCUT2D eigenvalue weighted by atomic mass is 16.5. The van der Waals surface area contributed by atoms with Gasteiger partial charge in [0.05, 0.1) is 20.6 Å². The lowest BCUT2D eigenvalue weighted by Gasteiger charge is -2.12. The smallest absolute Gasteiger partial charge is 0.228 e. The van der Waals surface area contributed by atoms with Gasteiger partial charge in [-0.1, -0.05) is 31.2 Å². The summed E-state index contributed by atoms with van der Waals surface area (Å²) in [6, 6.07) is 13.3. The largest absolute Gasteiger partial charge is 0.493 e. The topological polar surface area (TPSA) is 59.6 Å². The Balaban J connectivity index is 2.06. The van der Waals surface area contributed by atoms with E-state index in [1.807, 2.05) is 36.4 Å². The van der Waals surface area contributed by atoms with Crippen LogP contribution in [0.2, 0.25) is 0 Å². The minimum absolute atomic E-state index is 0.0637. The molecule has 0 atom stereocenters. The number of carbonyl (C=O) groups excluding carboxylic acids is 1. The van der Waals surface area contributed by atoms with Gasteiger partial charge in [0, 0.05) is 12.2 Å². The molecule has 2 rings (SSSR count). The normalized spacial score (nSPS) is 10.3. The molecule has 0 fully saturated rings. The molecule has 2 aromatic rings. The van der Waals surface area contributed by atoms with Gasteiger partial charge in [0.25, 0.3) is 0 Å². The lowest BCUT2D eigenvalue weighted by Crippen LogP contribution is -2.18. The maximum atomic E-state index is 12.4. The van der Waals surface area contributed by atoms with Crippen LogP contribution < -0.4 is 20.1 Å². The summed E-state index contributed by atoms with van der Waals surface area (Å²) < 4.78 is 10.5. The lowest BCUT2D eigenvalue weighted by molar-refractivity contribution is -0.115. The van der Waals surface area contributed by atoms with Crippen molar-refractivity contribution in [3.63, 3.8) is 0 Å². The fraction of sp³-hybridized carbons (Fsp3) is 0.316. The Hall–Kier alpha value is -2.53. The van der Waals surface area contributed by atoms with E-state index in [1.54, 1.807) is 20.3 Å². The molecule has 0 saturated heterocycles. The van der Waals surface area contributed by atoms with E-state index in [0.717, 1.165) is 29.9 Å². The molecular formula is C19H24N2O3. The molecule has 1 amide bonds. The van der Waals surface area contributed by atoms with Gasteiger partial charge < -0.3 is 20.1 Å². The maximum absolute atomic E-state index is 12.4. The second-order valence-corrected chi connectivity index (χ2v) is 5.35. The highest BCUT2D eigenvalue weighted by Crippen LogP contribution is 2.27. The van der Waals surface area contributed by atoms with Gasteiger partial charge in [-0.15, -0.1) is 0 Å².